The van der Waals surface area contributed by atoms with Crippen LogP contribution >= 0.6 is 0 Å². The molecule has 4 N–H and O–H groups in total. The molecule has 7 nitrogen and oxygen atoms in total. The molecule has 0 aliphatic carbocycles. The summed E-state index contributed by atoms with van der Waals surface area (Å²) in [7, 11) is -5.58. The van der Waals surface area contributed by atoms with E-state index in [0.29, 0.717) is 5.75 Å². The molecule has 0 radical (unpaired) electrons. The zero-order valence-electron chi connectivity index (χ0n) is 11.7. The fourth-order valence-electron chi connectivity index (χ4n) is 1.38. The quantitative estimate of drug-likeness (QED) is 0.845. The van der Waals surface area contributed by atoms with Crippen molar-refractivity contribution in [1.29, 1.82) is 0 Å². The first-order valence-corrected chi connectivity index (χ1v) is 8.98. The van der Waals surface area contributed by atoms with Gasteiger partial charge in [0.2, 0.25) is 20.0 Å². The SMILES string of the molecule is COc1ccc(S(N)(=O)=O)cc1.NS(=O)(=O)c1ccccc1. The molecule has 22 heavy (non-hydrogen) atoms. The van der Waals surface area contributed by atoms with Gasteiger partial charge in [0.1, 0.15) is 5.75 Å². The van der Waals surface area contributed by atoms with Gasteiger partial charge in [-0.3, -0.25) is 0 Å². The lowest BCUT2D eigenvalue weighted by Crippen LogP contribution is -2.11. The fraction of sp³-hybridized carbons (Fsp3) is 0.0769. The van der Waals surface area contributed by atoms with Crippen molar-refractivity contribution in [3.63, 3.8) is 0 Å². The van der Waals surface area contributed by atoms with E-state index in [1.54, 1.807) is 30.3 Å². The predicted molar refractivity (Wildman–Crippen MR) is 82.2 cm³/mol. The maximum Gasteiger partial charge on any atom is 0.238 e. The molecular weight excluding hydrogens is 328 g/mol. The molecule has 0 saturated carbocycles. The molecule has 9 heteroatoms. The van der Waals surface area contributed by atoms with Gasteiger partial charge in [0, 0.05) is 0 Å². The summed E-state index contributed by atoms with van der Waals surface area (Å²) in [5.74, 6) is 0.599. The lowest BCUT2D eigenvalue weighted by atomic mass is 10.3. The smallest absolute Gasteiger partial charge is 0.238 e. The number of nitrogens with two attached hydrogens (primary N) is 2. The molecule has 0 amide bonds. The van der Waals surface area contributed by atoms with Crippen LogP contribution < -0.4 is 15.0 Å². The van der Waals surface area contributed by atoms with Crippen molar-refractivity contribution in [2.75, 3.05) is 7.11 Å². The van der Waals surface area contributed by atoms with E-state index in [1.807, 2.05) is 0 Å². The Morgan fingerprint density at radius 1 is 0.727 bits per heavy atom. The second kappa shape index (κ2) is 7.36. The Bertz CT molecular complexity index is 801. The molecule has 0 aliphatic heterocycles. The molecular formula is C13H16N2O5S2. The van der Waals surface area contributed by atoms with Gasteiger partial charge >= 0.3 is 0 Å². The second-order valence-electron chi connectivity index (χ2n) is 4.08. The van der Waals surface area contributed by atoms with E-state index in [-0.39, 0.29) is 9.79 Å². The van der Waals surface area contributed by atoms with Crippen LogP contribution in [0.3, 0.4) is 0 Å². The summed E-state index contributed by atoms with van der Waals surface area (Å²) in [6, 6.07) is 13.8. The predicted octanol–water partition coefficient (Wildman–Crippen LogP) is 0.677. The second-order valence-corrected chi connectivity index (χ2v) is 7.20. The minimum Gasteiger partial charge on any atom is -0.497 e. The molecule has 2 aromatic carbocycles. The molecule has 0 fully saturated rings. The molecule has 0 saturated heterocycles. The summed E-state index contributed by atoms with van der Waals surface area (Å²) in [4.78, 5) is 0.235. The van der Waals surface area contributed by atoms with Crippen LogP contribution in [0.25, 0.3) is 0 Å². The van der Waals surface area contributed by atoms with Crippen molar-refractivity contribution >= 4 is 20.0 Å². The monoisotopic (exact) mass is 344 g/mol. The van der Waals surface area contributed by atoms with Gasteiger partial charge in [-0.15, -0.1) is 0 Å². The number of hydrogen-bond acceptors (Lipinski definition) is 5. The summed E-state index contributed by atoms with van der Waals surface area (Å²) in [5, 5.41) is 9.71. The zero-order valence-corrected chi connectivity index (χ0v) is 13.3. The fourth-order valence-corrected chi connectivity index (χ4v) is 2.43. The molecule has 2 aromatic rings. The first-order chi connectivity index (χ1) is 10.1. The van der Waals surface area contributed by atoms with E-state index in [9.17, 15) is 16.8 Å². The Morgan fingerprint density at radius 2 is 1.14 bits per heavy atom. The van der Waals surface area contributed by atoms with Gasteiger partial charge in [-0.05, 0) is 36.4 Å². The summed E-state index contributed by atoms with van der Waals surface area (Å²) in [6.07, 6.45) is 0. The van der Waals surface area contributed by atoms with Crippen LogP contribution in [0.2, 0.25) is 0 Å². The lowest BCUT2D eigenvalue weighted by Gasteiger charge is -2.00. The molecule has 0 spiro atoms. The summed E-state index contributed by atoms with van der Waals surface area (Å²) in [5.41, 5.74) is 0. The molecule has 120 valence electrons. The summed E-state index contributed by atoms with van der Waals surface area (Å²) >= 11 is 0. The third-order valence-corrected chi connectivity index (χ3v) is 4.32. The van der Waals surface area contributed by atoms with Crippen LogP contribution in [0.4, 0.5) is 0 Å². The van der Waals surface area contributed by atoms with E-state index in [0.717, 1.165) is 0 Å². The normalized spacial score (nSPS) is 11.2. The first-order valence-electron chi connectivity index (χ1n) is 5.89. The summed E-state index contributed by atoms with van der Waals surface area (Å²) in [6.45, 7) is 0. The van der Waals surface area contributed by atoms with E-state index < -0.39 is 20.0 Å². The molecule has 0 bridgehead atoms. The van der Waals surface area contributed by atoms with E-state index in [1.165, 1.54) is 31.4 Å². The Morgan fingerprint density at radius 3 is 1.45 bits per heavy atom. The zero-order chi connectivity index (χ0) is 16.8. The maximum absolute atomic E-state index is 10.8. The Labute approximate surface area is 129 Å². The first kappa shape index (κ1) is 18.1. The van der Waals surface area contributed by atoms with Gasteiger partial charge in [0.25, 0.3) is 0 Å². The number of rotatable bonds is 3. The standard InChI is InChI=1S/C7H9NO3S.C6H7NO2S/c1-11-6-2-4-7(5-3-6)12(8,9)10;7-10(8,9)6-4-2-1-3-5-6/h2-5H,1H3,(H2,8,9,10);1-5H,(H2,7,8,9). The molecule has 0 aliphatic rings. The van der Waals surface area contributed by atoms with Gasteiger partial charge in [0.05, 0.1) is 16.9 Å². The van der Waals surface area contributed by atoms with Gasteiger partial charge in [-0.25, -0.2) is 27.1 Å². The van der Waals surface area contributed by atoms with Crippen molar-refractivity contribution in [3.05, 3.63) is 54.6 Å². The summed E-state index contributed by atoms with van der Waals surface area (Å²) < 4.78 is 47.6. The van der Waals surface area contributed by atoms with Crippen molar-refractivity contribution < 1.29 is 21.6 Å². The van der Waals surface area contributed by atoms with Gasteiger partial charge < -0.3 is 4.74 Å². The highest BCUT2D eigenvalue weighted by molar-refractivity contribution is 7.89. The van der Waals surface area contributed by atoms with Crippen LogP contribution in [0, 0.1) is 0 Å². The Kier molecular flexibility index (Phi) is 6.06. The highest BCUT2D eigenvalue weighted by atomic mass is 32.2. The lowest BCUT2D eigenvalue weighted by molar-refractivity contribution is 0.414. The van der Waals surface area contributed by atoms with E-state index in [2.05, 4.69) is 0 Å². The van der Waals surface area contributed by atoms with Crippen LogP contribution in [0.5, 0.6) is 5.75 Å². The molecule has 2 rings (SSSR count). The van der Waals surface area contributed by atoms with Crippen molar-refractivity contribution in [1.82, 2.24) is 0 Å². The minimum atomic E-state index is -3.58. The van der Waals surface area contributed by atoms with Crippen LogP contribution in [0.15, 0.2) is 64.4 Å². The highest BCUT2D eigenvalue weighted by Crippen LogP contribution is 2.13. The number of ether oxygens (including phenoxy) is 1. The van der Waals surface area contributed by atoms with Crippen LogP contribution in [-0.2, 0) is 20.0 Å². The molecule has 0 heterocycles. The number of methoxy groups -OCH3 is 1. The molecule has 0 unspecified atom stereocenters. The average Bonchev–Trinajstić information content (AvgIpc) is 2.47. The Balaban J connectivity index is 0.000000224. The molecule has 0 atom stereocenters. The van der Waals surface area contributed by atoms with Crippen LogP contribution in [0.1, 0.15) is 0 Å². The molecule has 0 aromatic heterocycles. The average molecular weight is 344 g/mol. The van der Waals surface area contributed by atoms with Crippen LogP contribution in [-0.4, -0.2) is 23.9 Å². The number of hydrogen-bond donors (Lipinski definition) is 2. The van der Waals surface area contributed by atoms with E-state index >= 15 is 0 Å². The van der Waals surface area contributed by atoms with Gasteiger partial charge in [0.15, 0.2) is 0 Å². The Hall–Kier alpha value is -1.94. The number of sulfonamides is 2. The van der Waals surface area contributed by atoms with Crippen molar-refractivity contribution in [3.8, 4) is 5.75 Å². The third kappa shape index (κ3) is 5.82. The van der Waals surface area contributed by atoms with Crippen molar-refractivity contribution in [2.45, 2.75) is 9.79 Å². The minimum absolute atomic E-state index is 0.0864. The van der Waals surface area contributed by atoms with Crippen molar-refractivity contribution in [2.24, 2.45) is 10.3 Å². The number of benzene rings is 2. The van der Waals surface area contributed by atoms with E-state index in [4.69, 9.17) is 15.0 Å². The van der Waals surface area contributed by atoms with Gasteiger partial charge in [-0.1, -0.05) is 18.2 Å². The maximum atomic E-state index is 10.8. The topological polar surface area (TPSA) is 130 Å². The number of primary sulfonamides is 2. The highest BCUT2D eigenvalue weighted by Gasteiger charge is 2.06. The van der Waals surface area contributed by atoms with Gasteiger partial charge in [-0.2, -0.15) is 0 Å². The third-order valence-electron chi connectivity index (χ3n) is 2.46. The largest absolute Gasteiger partial charge is 0.497 e.